The van der Waals surface area contributed by atoms with Crippen LogP contribution in [0.5, 0.6) is 0 Å². The number of rotatable bonds is 6. The van der Waals surface area contributed by atoms with E-state index in [1.165, 1.54) is 30.0 Å². The van der Waals surface area contributed by atoms with Gasteiger partial charge in [-0.25, -0.2) is 4.79 Å². The summed E-state index contributed by atoms with van der Waals surface area (Å²) in [7, 11) is 1.29. The molecule has 166 valence electrons. The minimum absolute atomic E-state index is 0.0754. The van der Waals surface area contributed by atoms with Crippen LogP contribution >= 0.6 is 0 Å². The van der Waals surface area contributed by atoms with Crippen LogP contribution in [-0.2, 0) is 16.1 Å². The first-order valence-electron chi connectivity index (χ1n) is 10.0. The Labute approximate surface area is 188 Å². The number of nitrogens with one attached hydrogen (secondary N) is 1. The van der Waals surface area contributed by atoms with Crippen molar-refractivity contribution in [1.29, 1.82) is 0 Å². The summed E-state index contributed by atoms with van der Waals surface area (Å²) in [5.41, 5.74) is 2.39. The fourth-order valence-electron chi connectivity index (χ4n) is 3.25. The molecule has 0 spiro atoms. The average molecular weight is 444 g/mol. The first kappa shape index (κ1) is 21.7. The number of pyridine rings is 1. The fraction of sp³-hybridized carbons (Fsp3) is 0.125. The second-order valence-corrected chi connectivity index (χ2v) is 7.21. The van der Waals surface area contributed by atoms with Crippen LogP contribution in [0.4, 0.5) is 5.69 Å². The third-order valence-corrected chi connectivity index (χ3v) is 4.97. The average Bonchev–Trinajstić information content (AvgIpc) is 3.30. The normalized spacial score (nSPS) is 10.6. The number of hydrogen-bond acceptors (Lipinski definition) is 7. The van der Waals surface area contributed by atoms with Crippen LogP contribution < -0.4 is 10.9 Å². The predicted molar refractivity (Wildman–Crippen MR) is 121 cm³/mol. The molecule has 4 rings (SSSR count). The molecular weight excluding hydrogens is 424 g/mol. The van der Waals surface area contributed by atoms with Gasteiger partial charge in [0.2, 0.25) is 11.7 Å². The quantitative estimate of drug-likeness (QED) is 0.454. The Kier molecular flexibility index (Phi) is 6.12. The van der Waals surface area contributed by atoms with E-state index in [1.54, 1.807) is 24.3 Å². The van der Waals surface area contributed by atoms with Gasteiger partial charge in [-0.15, -0.1) is 0 Å². The highest BCUT2D eigenvalue weighted by molar-refractivity contribution is 5.93. The van der Waals surface area contributed by atoms with Crippen LogP contribution in [0.3, 0.4) is 0 Å². The molecule has 33 heavy (non-hydrogen) atoms. The summed E-state index contributed by atoms with van der Waals surface area (Å²) in [5, 5.41) is 6.68. The Morgan fingerprint density at radius 3 is 2.48 bits per heavy atom. The van der Waals surface area contributed by atoms with Crippen LogP contribution in [-0.4, -0.2) is 33.7 Å². The highest BCUT2D eigenvalue weighted by atomic mass is 16.5. The number of hydrogen-bond donors (Lipinski definition) is 1. The van der Waals surface area contributed by atoms with Crippen LogP contribution in [0.25, 0.3) is 22.8 Å². The smallest absolute Gasteiger partial charge is 0.337 e. The molecule has 0 fully saturated rings. The Hall–Kier alpha value is -4.53. The van der Waals surface area contributed by atoms with E-state index >= 15 is 0 Å². The van der Waals surface area contributed by atoms with Gasteiger partial charge in [-0.1, -0.05) is 29.4 Å². The second-order valence-electron chi connectivity index (χ2n) is 7.21. The van der Waals surface area contributed by atoms with Crippen LogP contribution in [0, 0.1) is 6.92 Å². The van der Waals surface area contributed by atoms with Crippen molar-refractivity contribution in [2.24, 2.45) is 0 Å². The van der Waals surface area contributed by atoms with Gasteiger partial charge in [-0.3, -0.25) is 9.59 Å². The van der Waals surface area contributed by atoms with Gasteiger partial charge in [0.25, 0.3) is 11.4 Å². The Balaban J connectivity index is 1.51. The highest BCUT2D eigenvalue weighted by Crippen LogP contribution is 2.22. The van der Waals surface area contributed by atoms with Crippen LogP contribution in [0.15, 0.2) is 76.2 Å². The third-order valence-electron chi connectivity index (χ3n) is 4.97. The van der Waals surface area contributed by atoms with E-state index in [2.05, 4.69) is 20.2 Å². The van der Waals surface area contributed by atoms with Gasteiger partial charge >= 0.3 is 5.97 Å². The largest absolute Gasteiger partial charge is 0.465 e. The molecule has 0 aliphatic carbocycles. The minimum atomic E-state index is -0.470. The number of esters is 1. The van der Waals surface area contributed by atoms with Gasteiger partial charge in [0.15, 0.2) is 0 Å². The van der Waals surface area contributed by atoms with E-state index in [0.29, 0.717) is 17.1 Å². The summed E-state index contributed by atoms with van der Waals surface area (Å²) in [6.45, 7) is 1.71. The molecule has 0 aliphatic rings. The number of ether oxygens (including phenoxy) is 1. The number of carbonyl (C=O) groups excluding carboxylic acids is 2. The van der Waals surface area contributed by atoms with Crippen molar-refractivity contribution < 1.29 is 18.8 Å². The lowest BCUT2D eigenvalue weighted by Crippen LogP contribution is -2.28. The number of nitrogens with zero attached hydrogens (tertiary/aromatic N) is 3. The Morgan fingerprint density at radius 2 is 1.76 bits per heavy atom. The molecule has 2 aromatic carbocycles. The summed E-state index contributed by atoms with van der Waals surface area (Å²) >= 11 is 0. The molecule has 0 bridgehead atoms. The summed E-state index contributed by atoms with van der Waals surface area (Å²) in [6.07, 6.45) is 1.50. The zero-order valence-corrected chi connectivity index (χ0v) is 17.9. The molecule has 0 aliphatic heterocycles. The third kappa shape index (κ3) is 4.72. The summed E-state index contributed by atoms with van der Waals surface area (Å²) in [5.74, 6) is -0.425. The van der Waals surface area contributed by atoms with Crippen molar-refractivity contribution in [3.05, 3.63) is 88.3 Å². The van der Waals surface area contributed by atoms with Crippen LogP contribution in [0.1, 0.15) is 15.9 Å². The fourth-order valence-corrected chi connectivity index (χ4v) is 3.25. The maximum Gasteiger partial charge on any atom is 0.337 e. The monoisotopic (exact) mass is 444 g/mol. The lowest BCUT2D eigenvalue weighted by atomic mass is 10.1. The number of amides is 1. The molecule has 4 aromatic rings. The summed E-state index contributed by atoms with van der Waals surface area (Å²) in [6, 6.07) is 17.0. The molecule has 2 aromatic heterocycles. The maximum atomic E-state index is 12.9. The van der Waals surface area contributed by atoms with Crippen molar-refractivity contribution in [2.45, 2.75) is 13.5 Å². The first-order chi connectivity index (χ1) is 16.0. The van der Waals surface area contributed by atoms with E-state index in [4.69, 9.17) is 4.52 Å². The van der Waals surface area contributed by atoms with Gasteiger partial charge in [-0.05, 0) is 48.9 Å². The van der Waals surface area contributed by atoms with E-state index < -0.39 is 17.4 Å². The molecular formula is C24H20N4O5. The number of carbonyl (C=O) groups is 2. The maximum absolute atomic E-state index is 12.9. The molecule has 1 N–H and O–H groups in total. The zero-order chi connectivity index (χ0) is 23.4. The van der Waals surface area contributed by atoms with E-state index in [-0.39, 0.29) is 18.0 Å². The van der Waals surface area contributed by atoms with Gasteiger partial charge in [0.1, 0.15) is 12.1 Å². The number of aryl methyl sites for hydroxylation is 1. The molecule has 1 amide bonds. The highest BCUT2D eigenvalue weighted by Gasteiger charge is 2.17. The molecule has 9 nitrogen and oxygen atoms in total. The molecule has 9 heteroatoms. The summed E-state index contributed by atoms with van der Waals surface area (Å²) in [4.78, 5) is 41.3. The van der Waals surface area contributed by atoms with Crippen molar-refractivity contribution in [3.8, 4) is 22.8 Å². The van der Waals surface area contributed by atoms with Gasteiger partial charge in [0.05, 0.1) is 12.7 Å². The second kappa shape index (κ2) is 9.31. The first-order valence-corrected chi connectivity index (χ1v) is 10.0. The van der Waals surface area contributed by atoms with E-state index in [0.717, 1.165) is 11.1 Å². The minimum Gasteiger partial charge on any atom is -0.465 e. The molecule has 0 unspecified atom stereocenters. The van der Waals surface area contributed by atoms with E-state index in [9.17, 15) is 14.4 Å². The lowest BCUT2D eigenvalue weighted by molar-refractivity contribution is -0.116. The summed E-state index contributed by atoms with van der Waals surface area (Å²) < 4.78 is 11.2. The molecule has 2 heterocycles. The SMILES string of the molecule is COC(=O)c1ccc(NC(=O)Cn2cccc(-c3nc(-c4ccccc4C)no3)c2=O)cc1. The van der Waals surface area contributed by atoms with Gasteiger partial charge in [0, 0.05) is 17.4 Å². The van der Waals surface area contributed by atoms with Crippen molar-refractivity contribution in [3.63, 3.8) is 0 Å². The number of anilines is 1. The topological polar surface area (TPSA) is 116 Å². The lowest BCUT2D eigenvalue weighted by Gasteiger charge is -2.08. The van der Waals surface area contributed by atoms with Crippen molar-refractivity contribution in [1.82, 2.24) is 14.7 Å². The number of benzene rings is 2. The zero-order valence-electron chi connectivity index (χ0n) is 17.9. The number of methoxy groups -OCH3 is 1. The van der Waals surface area contributed by atoms with Crippen molar-refractivity contribution >= 4 is 17.6 Å². The Bertz CT molecular complexity index is 1370. The molecule has 0 saturated carbocycles. The van der Waals surface area contributed by atoms with Crippen molar-refractivity contribution in [2.75, 3.05) is 12.4 Å². The molecule has 0 radical (unpaired) electrons. The Morgan fingerprint density at radius 1 is 1.03 bits per heavy atom. The van der Waals surface area contributed by atoms with Crippen LogP contribution in [0.2, 0.25) is 0 Å². The standard InChI is InChI=1S/C24H20N4O5/c1-15-6-3-4-7-18(15)21-26-22(33-27-21)19-8-5-13-28(23(19)30)14-20(29)25-17-11-9-16(10-12-17)24(31)32-2/h3-13H,14H2,1-2H3,(H,25,29). The number of aromatic nitrogens is 3. The van der Waals surface area contributed by atoms with Gasteiger partial charge < -0.3 is 19.1 Å². The molecule has 0 saturated heterocycles. The van der Waals surface area contributed by atoms with E-state index in [1.807, 2.05) is 31.2 Å². The molecule has 0 atom stereocenters. The van der Waals surface area contributed by atoms with Gasteiger partial charge in [-0.2, -0.15) is 4.98 Å². The predicted octanol–water partition coefficient (Wildman–Crippen LogP) is 3.30.